The Kier molecular flexibility index (Phi) is 5.77. The van der Waals surface area contributed by atoms with Gasteiger partial charge in [-0.25, -0.2) is 9.97 Å². The van der Waals surface area contributed by atoms with Gasteiger partial charge in [-0.1, -0.05) is 32.6 Å². The summed E-state index contributed by atoms with van der Waals surface area (Å²) in [7, 11) is 0. The molecular weight excluding hydrogens is 252 g/mol. The van der Waals surface area contributed by atoms with E-state index in [9.17, 15) is 4.79 Å². The summed E-state index contributed by atoms with van der Waals surface area (Å²) in [6.07, 6.45) is 11.4. The Morgan fingerprint density at radius 3 is 2.60 bits per heavy atom. The summed E-state index contributed by atoms with van der Waals surface area (Å²) < 4.78 is 0. The second kappa shape index (κ2) is 7.82. The smallest absolute Gasteiger partial charge is 0.254 e. The Hall–Kier alpha value is -1.65. The van der Waals surface area contributed by atoms with Crippen molar-refractivity contribution in [1.82, 2.24) is 15.3 Å². The van der Waals surface area contributed by atoms with E-state index in [4.69, 9.17) is 0 Å². The Morgan fingerprint density at radius 2 is 1.95 bits per heavy atom. The van der Waals surface area contributed by atoms with Gasteiger partial charge >= 0.3 is 0 Å². The van der Waals surface area contributed by atoms with Crippen molar-refractivity contribution in [1.29, 1.82) is 0 Å². The van der Waals surface area contributed by atoms with Crippen molar-refractivity contribution < 1.29 is 4.79 Å². The molecule has 1 aliphatic carbocycles. The predicted octanol–water partition coefficient (Wildman–Crippen LogP) is 2.75. The fourth-order valence-electron chi connectivity index (χ4n) is 2.45. The Bertz CT molecular complexity index is 412. The summed E-state index contributed by atoms with van der Waals surface area (Å²) in [5.41, 5.74) is 0.526. The van der Waals surface area contributed by atoms with Gasteiger partial charge in [-0.2, -0.15) is 0 Å². The second-order valence-electron chi connectivity index (χ2n) is 5.38. The van der Waals surface area contributed by atoms with Crippen LogP contribution >= 0.6 is 0 Å². The highest BCUT2D eigenvalue weighted by atomic mass is 16.1. The Balaban J connectivity index is 1.79. The summed E-state index contributed by atoms with van der Waals surface area (Å²) in [4.78, 5) is 20.3. The number of nitrogens with zero attached hydrogens (tertiary/aromatic N) is 2. The van der Waals surface area contributed by atoms with Gasteiger partial charge in [-0.3, -0.25) is 4.79 Å². The van der Waals surface area contributed by atoms with E-state index in [0.717, 1.165) is 25.8 Å². The molecule has 1 fully saturated rings. The van der Waals surface area contributed by atoms with Crippen LogP contribution in [0, 0.1) is 0 Å². The molecule has 1 heterocycles. The van der Waals surface area contributed by atoms with Gasteiger partial charge in [-0.15, -0.1) is 0 Å². The van der Waals surface area contributed by atoms with Crippen LogP contribution in [0.5, 0.6) is 0 Å². The van der Waals surface area contributed by atoms with Crippen molar-refractivity contribution in [3.8, 4) is 0 Å². The van der Waals surface area contributed by atoms with Crippen LogP contribution in [-0.4, -0.2) is 28.5 Å². The monoisotopic (exact) mass is 276 g/mol. The zero-order valence-electron chi connectivity index (χ0n) is 12.2. The van der Waals surface area contributed by atoms with E-state index in [1.165, 1.54) is 25.7 Å². The number of amides is 1. The first-order valence-electron chi connectivity index (χ1n) is 7.66. The molecule has 1 aliphatic rings. The van der Waals surface area contributed by atoms with E-state index in [-0.39, 0.29) is 5.91 Å². The van der Waals surface area contributed by atoms with Crippen molar-refractivity contribution in [3.63, 3.8) is 0 Å². The van der Waals surface area contributed by atoms with Crippen LogP contribution in [0.4, 0.5) is 5.95 Å². The van der Waals surface area contributed by atoms with Crippen LogP contribution in [0.1, 0.15) is 62.2 Å². The highest BCUT2D eigenvalue weighted by molar-refractivity contribution is 5.93. The molecule has 0 atom stereocenters. The minimum atomic E-state index is -0.0893. The van der Waals surface area contributed by atoms with Gasteiger partial charge in [0.15, 0.2) is 0 Å². The summed E-state index contributed by atoms with van der Waals surface area (Å²) in [6.45, 7) is 2.86. The van der Waals surface area contributed by atoms with Gasteiger partial charge in [0.1, 0.15) is 0 Å². The standard InChI is InChI=1S/C15H24N4O/c1-2-3-6-9-16-14(20)12-10-17-15(18-11-12)19-13-7-4-5-8-13/h10-11,13H,2-9H2,1H3,(H,16,20)(H,17,18,19). The summed E-state index contributed by atoms with van der Waals surface area (Å²) in [6, 6.07) is 0.490. The average molecular weight is 276 g/mol. The first kappa shape index (κ1) is 14.8. The second-order valence-corrected chi connectivity index (χ2v) is 5.38. The molecule has 1 amide bonds. The molecule has 5 nitrogen and oxygen atoms in total. The molecule has 1 saturated carbocycles. The molecule has 110 valence electrons. The van der Waals surface area contributed by atoms with Gasteiger partial charge < -0.3 is 10.6 Å². The van der Waals surface area contributed by atoms with Crippen LogP contribution in [0.25, 0.3) is 0 Å². The summed E-state index contributed by atoms with van der Waals surface area (Å²) >= 11 is 0. The zero-order chi connectivity index (χ0) is 14.2. The van der Waals surface area contributed by atoms with E-state index < -0.39 is 0 Å². The highest BCUT2D eigenvalue weighted by Gasteiger charge is 2.15. The van der Waals surface area contributed by atoms with E-state index in [1.807, 2.05) is 0 Å². The summed E-state index contributed by atoms with van der Waals surface area (Å²) in [5, 5.41) is 6.20. The maximum Gasteiger partial charge on any atom is 0.254 e. The largest absolute Gasteiger partial charge is 0.352 e. The van der Waals surface area contributed by atoms with Crippen LogP contribution in [0.2, 0.25) is 0 Å². The third-order valence-electron chi connectivity index (χ3n) is 3.67. The van der Waals surface area contributed by atoms with Crippen molar-refractivity contribution in [3.05, 3.63) is 18.0 Å². The number of carbonyl (C=O) groups excluding carboxylic acids is 1. The lowest BCUT2D eigenvalue weighted by Crippen LogP contribution is -2.25. The molecule has 0 radical (unpaired) electrons. The van der Waals surface area contributed by atoms with Crippen molar-refractivity contribution >= 4 is 11.9 Å². The van der Waals surface area contributed by atoms with Gasteiger partial charge in [-0.05, 0) is 19.3 Å². The molecule has 0 aliphatic heterocycles. The van der Waals surface area contributed by atoms with E-state index in [2.05, 4.69) is 27.5 Å². The van der Waals surface area contributed by atoms with Gasteiger partial charge in [0.25, 0.3) is 5.91 Å². The Morgan fingerprint density at radius 1 is 1.25 bits per heavy atom. The fourth-order valence-corrected chi connectivity index (χ4v) is 2.45. The molecule has 0 saturated heterocycles. The first-order valence-corrected chi connectivity index (χ1v) is 7.66. The third kappa shape index (κ3) is 4.47. The molecule has 0 bridgehead atoms. The third-order valence-corrected chi connectivity index (χ3v) is 3.67. The van der Waals surface area contributed by atoms with E-state index >= 15 is 0 Å². The number of aromatic nitrogens is 2. The maximum absolute atomic E-state index is 11.9. The van der Waals surface area contributed by atoms with Crippen LogP contribution in [-0.2, 0) is 0 Å². The summed E-state index contributed by atoms with van der Waals surface area (Å²) in [5.74, 6) is 0.535. The number of hydrogen-bond donors (Lipinski definition) is 2. The molecular formula is C15H24N4O. The molecule has 5 heteroatoms. The van der Waals surface area contributed by atoms with Gasteiger partial charge in [0, 0.05) is 25.0 Å². The molecule has 0 aromatic carbocycles. The number of nitrogens with one attached hydrogen (secondary N) is 2. The fraction of sp³-hybridized carbons (Fsp3) is 0.667. The van der Waals surface area contributed by atoms with Gasteiger partial charge in [0.2, 0.25) is 5.95 Å². The van der Waals surface area contributed by atoms with Crippen molar-refractivity contribution in [2.75, 3.05) is 11.9 Å². The minimum Gasteiger partial charge on any atom is -0.352 e. The molecule has 1 aromatic heterocycles. The number of unbranched alkanes of at least 4 members (excludes halogenated alkanes) is 2. The number of carbonyl (C=O) groups is 1. The van der Waals surface area contributed by atoms with E-state index in [1.54, 1.807) is 12.4 Å². The molecule has 20 heavy (non-hydrogen) atoms. The van der Waals surface area contributed by atoms with Crippen molar-refractivity contribution in [2.24, 2.45) is 0 Å². The molecule has 1 aromatic rings. The van der Waals surface area contributed by atoms with Gasteiger partial charge in [0.05, 0.1) is 5.56 Å². The Labute approximate surface area is 120 Å². The van der Waals surface area contributed by atoms with E-state index in [0.29, 0.717) is 17.6 Å². The maximum atomic E-state index is 11.9. The first-order chi connectivity index (χ1) is 9.79. The topological polar surface area (TPSA) is 66.9 Å². The highest BCUT2D eigenvalue weighted by Crippen LogP contribution is 2.20. The molecule has 2 N–H and O–H groups in total. The van der Waals surface area contributed by atoms with Crippen LogP contribution in [0.15, 0.2) is 12.4 Å². The quantitative estimate of drug-likeness (QED) is 0.751. The zero-order valence-corrected chi connectivity index (χ0v) is 12.2. The van der Waals surface area contributed by atoms with Crippen LogP contribution in [0.3, 0.4) is 0 Å². The lowest BCUT2D eigenvalue weighted by Gasteiger charge is -2.11. The molecule has 0 unspecified atom stereocenters. The number of anilines is 1. The number of hydrogen-bond acceptors (Lipinski definition) is 4. The predicted molar refractivity (Wildman–Crippen MR) is 79.8 cm³/mol. The molecule has 2 rings (SSSR count). The SMILES string of the molecule is CCCCCNC(=O)c1cnc(NC2CCCC2)nc1. The number of rotatable bonds is 7. The lowest BCUT2D eigenvalue weighted by molar-refractivity contribution is 0.0952. The minimum absolute atomic E-state index is 0.0893. The van der Waals surface area contributed by atoms with Crippen LogP contribution < -0.4 is 10.6 Å². The lowest BCUT2D eigenvalue weighted by atomic mass is 10.2. The normalized spacial score (nSPS) is 15.2. The average Bonchev–Trinajstić information content (AvgIpc) is 2.97. The van der Waals surface area contributed by atoms with Crippen molar-refractivity contribution in [2.45, 2.75) is 57.9 Å². The molecule has 0 spiro atoms.